The fraction of sp³-hybridized carbons (Fsp3) is 0.667. The third kappa shape index (κ3) is 6.15. The highest BCUT2D eigenvalue weighted by Crippen LogP contribution is 2.14. The molecule has 0 saturated carbocycles. The summed E-state index contributed by atoms with van der Waals surface area (Å²) in [6.45, 7) is 6.10. The number of carboxylic acids is 1. The standard InChI is InChI=1S/C15H24N2O5/c1-15(2,3)22-14(21)16-9-5-4-7-11(13(19)20)17-10-6-8-12(17)18/h6,8,11H,4-5,7,9-10H2,1-3H3,(H,16,21)(H,19,20)/t11-/m0/s1. The first-order valence-electron chi connectivity index (χ1n) is 7.37. The van der Waals surface area contributed by atoms with Gasteiger partial charge in [-0.05, 0) is 40.0 Å². The van der Waals surface area contributed by atoms with Gasteiger partial charge in [-0.2, -0.15) is 0 Å². The van der Waals surface area contributed by atoms with E-state index in [2.05, 4.69) is 5.32 Å². The molecule has 1 heterocycles. The number of carbonyl (C=O) groups excluding carboxylic acids is 2. The minimum Gasteiger partial charge on any atom is -0.480 e. The molecule has 2 N–H and O–H groups in total. The zero-order valence-electron chi connectivity index (χ0n) is 13.3. The minimum absolute atomic E-state index is 0.265. The molecule has 1 rings (SSSR count). The van der Waals surface area contributed by atoms with Gasteiger partial charge < -0.3 is 20.1 Å². The molecule has 0 spiro atoms. The normalized spacial score (nSPS) is 15.8. The first kappa shape index (κ1) is 18.0. The average Bonchev–Trinajstić information content (AvgIpc) is 2.77. The second-order valence-corrected chi connectivity index (χ2v) is 6.17. The second kappa shape index (κ2) is 7.82. The van der Waals surface area contributed by atoms with E-state index in [9.17, 15) is 19.5 Å². The van der Waals surface area contributed by atoms with E-state index in [-0.39, 0.29) is 5.91 Å². The van der Waals surface area contributed by atoms with Crippen LogP contribution < -0.4 is 5.32 Å². The number of carboxylic acid groups (broad SMARTS) is 1. The summed E-state index contributed by atoms with van der Waals surface area (Å²) in [4.78, 5) is 35.5. The number of hydrogen-bond acceptors (Lipinski definition) is 4. The lowest BCUT2D eigenvalue weighted by atomic mass is 10.1. The van der Waals surface area contributed by atoms with Crippen LogP contribution in [0.4, 0.5) is 4.79 Å². The Bertz CT molecular complexity index is 453. The van der Waals surface area contributed by atoms with Gasteiger partial charge in [-0.1, -0.05) is 6.08 Å². The van der Waals surface area contributed by atoms with Crippen LogP contribution >= 0.6 is 0 Å². The largest absolute Gasteiger partial charge is 0.480 e. The van der Waals surface area contributed by atoms with Crippen molar-refractivity contribution in [3.8, 4) is 0 Å². The van der Waals surface area contributed by atoms with Crippen LogP contribution in [0.25, 0.3) is 0 Å². The van der Waals surface area contributed by atoms with Gasteiger partial charge in [0.05, 0.1) is 0 Å². The van der Waals surface area contributed by atoms with E-state index in [0.29, 0.717) is 32.4 Å². The van der Waals surface area contributed by atoms with Crippen molar-refractivity contribution in [1.82, 2.24) is 10.2 Å². The molecule has 0 aliphatic carbocycles. The Kier molecular flexibility index (Phi) is 6.39. The molecule has 7 heteroatoms. The highest BCUT2D eigenvalue weighted by Gasteiger charge is 2.29. The Labute approximate surface area is 130 Å². The van der Waals surface area contributed by atoms with E-state index in [0.717, 1.165) is 0 Å². The Morgan fingerprint density at radius 2 is 2.09 bits per heavy atom. The molecule has 0 radical (unpaired) electrons. The van der Waals surface area contributed by atoms with Crippen LogP contribution in [0, 0.1) is 0 Å². The van der Waals surface area contributed by atoms with Gasteiger partial charge in [0, 0.05) is 19.2 Å². The smallest absolute Gasteiger partial charge is 0.407 e. The predicted molar refractivity (Wildman–Crippen MR) is 80.4 cm³/mol. The lowest BCUT2D eigenvalue weighted by Crippen LogP contribution is -2.42. The van der Waals surface area contributed by atoms with Gasteiger partial charge in [0.2, 0.25) is 5.91 Å². The van der Waals surface area contributed by atoms with Crippen molar-refractivity contribution in [3.05, 3.63) is 12.2 Å². The monoisotopic (exact) mass is 312 g/mol. The van der Waals surface area contributed by atoms with E-state index >= 15 is 0 Å². The van der Waals surface area contributed by atoms with Crippen LogP contribution in [0.2, 0.25) is 0 Å². The summed E-state index contributed by atoms with van der Waals surface area (Å²) in [5.41, 5.74) is -0.540. The van der Waals surface area contributed by atoms with Crippen LogP contribution in [0.15, 0.2) is 12.2 Å². The van der Waals surface area contributed by atoms with Gasteiger partial charge in [-0.3, -0.25) is 4.79 Å². The third-order valence-corrected chi connectivity index (χ3v) is 3.08. The van der Waals surface area contributed by atoms with E-state index in [4.69, 9.17) is 4.74 Å². The molecule has 0 aromatic rings. The number of ether oxygens (including phenoxy) is 1. The molecule has 0 aromatic carbocycles. The maximum absolute atomic E-state index is 11.5. The molecule has 0 aromatic heterocycles. The number of carbonyl (C=O) groups is 3. The number of alkyl carbamates (subject to hydrolysis) is 1. The van der Waals surface area contributed by atoms with E-state index < -0.39 is 23.7 Å². The Morgan fingerprint density at radius 3 is 2.59 bits per heavy atom. The Hall–Kier alpha value is -2.05. The lowest BCUT2D eigenvalue weighted by molar-refractivity contribution is -0.147. The summed E-state index contributed by atoms with van der Waals surface area (Å²) in [6.07, 6.45) is 4.14. The fourth-order valence-corrected chi connectivity index (χ4v) is 2.11. The number of unbranched alkanes of at least 4 members (excludes halogenated alkanes) is 1. The zero-order chi connectivity index (χ0) is 16.8. The first-order valence-corrected chi connectivity index (χ1v) is 7.37. The first-order chi connectivity index (χ1) is 10.2. The summed E-state index contributed by atoms with van der Waals surface area (Å²) in [6, 6.07) is -0.816. The molecule has 1 atom stereocenters. The molecule has 1 aliphatic rings. The number of nitrogens with zero attached hydrogens (tertiary/aromatic N) is 1. The van der Waals surface area contributed by atoms with Crippen molar-refractivity contribution in [2.45, 2.75) is 51.7 Å². The molecule has 22 heavy (non-hydrogen) atoms. The number of amides is 2. The van der Waals surface area contributed by atoms with Crippen LogP contribution in [-0.4, -0.2) is 52.7 Å². The van der Waals surface area contributed by atoms with Crippen LogP contribution in [-0.2, 0) is 14.3 Å². The lowest BCUT2D eigenvalue weighted by Gasteiger charge is -2.24. The van der Waals surface area contributed by atoms with Crippen molar-refractivity contribution < 1.29 is 24.2 Å². The topological polar surface area (TPSA) is 95.9 Å². The number of hydrogen-bond donors (Lipinski definition) is 2. The third-order valence-electron chi connectivity index (χ3n) is 3.08. The van der Waals surface area contributed by atoms with Crippen molar-refractivity contribution in [2.24, 2.45) is 0 Å². The predicted octanol–water partition coefficient (Wildman–Crippen LogP) is 1.53. The summed E-state index contributed by atoms with van der Waals surface area (Å²) in [7, 11) is 0. The quantitative estimate of drug-likeness (QED) is 0.695. The fourth-order valence-electron chi connectivity index (χ4n) is 2.11. The van der Waals surface area contributed by atoms with Crippen molar-refractivity contribution >= 4 is 18.0 Å². The maximum Gasteiger partial charge on any atom is 0.407 e. The van der Waals surface area contributed by atoms with Crippen molar-refractivity contribution in [2.75, 3.05) is 13.1 Å². The molecular weight excluding hydrogens is 288 g/mol. The second-order valence-electron chi connectivity index (χ2n) is 6.17. The SMILES string of the molecule is CC(C)(C)OC(=O)NCCCC[C@@H](C(=O)O)N1CC=CC1=O. The summed E-state index contributed by atoms with van der Waals surface area (Å²) < 4.78 is 5.09. The van der Waals surface area contributed by atoms with Crippen LogP contribution in [0.5, 0.6) is 0 Å². The Morgan fingerprint density at radius 1 is 1.41 bits per heavy atom. The number of aliphatic carboxylic acids is 1. The average molecular weight is 312 g/mol. The van der Waals surface area contributed by atoms with Crippen LogP contribution in [0.1, 0.15) is 40.0 Å². The maximum atomic E-state index is 11.5. The number of rotatable bonds is 7. The summed E-state index contributed by atoms with van der Waals surface area (Å²) in [5, 5.41) is 11.8. The van der Waals surface area contributed by atoms with Gasteiger partial charge in [-0.25, -0.2) is 9.59 Å². The zero-order valence-corrected chi connectivity index (χ0v) is 13.3. The minimum atomic E-state index is -1.00. The highest BCUT2D eigenvalue weighted by atomic mass is 16.6. The molecule has 7 nitrogen and oxygen atoms in total. The molecule has 0 bridgehead atoms. The highest BCUT2D eigenvalue weighted by molar-refractivity contribution is 5.93. The number of nitrogens with one attached hydrogen (secondary N) is 1. The van der Waals surface area contributed by atoms with Crippen molar-refractivity contribution in [1.29, 1.82) is 0 Å². The van der Waals surface area contributed by atoms with Crippen LogP contribution in [0.3, 0.4) is 0 Å². The molecule has 0 unspecified atom stereocenters. The van der Waals surface area contributed by atoms with Gasteiger partial charge >= 0.3 is 12.1 Å². The molecule has 2 amide bonds. The van der Waals surface area contributed by atoms with Crippen molar-refractivity contribution in [3.63, 3.8) is 0 Å². The molecule has 1 aliphatic heterocycles. The summed E-state index contributed by atoms with van der Waals surface area (Å²) >= 11 is 0. The Balaban J connectivity index is 2.26. The van der Waals surface area contributed by atoms with Gasteiger partial charge in [-0.15, -0.1) is 0 Å². The van der Waals surface area contributed by atoms with E-state index in [1.807, 2.05) is 0 Å². The van der Waals surface area contributed by atoms with E-state index in [1.165, 1.54) is 11.0 Å². The molecule has 124 valence electrons. The van der Waals surface area contributed by atoms with Gasteiger partial charge in [0.25, 0.3) is 0 Å². The van der Waals surface area contributed by atoms with Gasteiger partial charge in [0.15, 0.2) is 0 Å². The molecule has 0 saturated heterocycles. The molecular formula is C15H24N2O5. The van der Waals surface area contributed by atoms with Gasteiger partial charge in [0.1, 0.15) is 11.6 Å². The molecule has 0 fully saturated rings. The van der Waals surface area contributed by atoms with E-state index in [1.54, 1.807) is 26.8 Å². The summed E-state index contributed by atoms with van der Waals surface area (Å²) in [5.74, 6) is -1.27.